The van der Waals surface area contributed by atoms with Gasteiger partial charge in [0.25, 0.3) is 11.7 Å². The Morgan fingerprint density at radius 2 is 1.66 bits per heavy atom. The number of nitrogens with zero attached hydrogens (tertiary/aromatic N) is 1. The average molecular weight is 399 g/mol. The number of hydrogen-bond donors (Lipinski definition) is 1. The number of carbonyl (C=O) groups is 2. The van der Waals surface area contributed by atoms with Crippen LogP contribution in [-0.2, 0) is 9.59 Å². The van der Waals surface area contributed by atoms with Crippen molar-refractivity contribution in [2.75, 3.05) is 20.8 Å². The van der Waals surface area contributed by atoms with Crippen molar-refractivity contribution in [3.63, 3.8) is 0 Å². The molecule has 0 aliphatic carbocycles. The molecule has 1 aliphatic rings. The van der Waals surface area contributed by atoms with Gasteiger partial charge in [-0.05, 0) is 36.2 Å². The lowest BCUT2D eigenvalue weighted by molar-refractivity contribution is -0.139. The van der Waals surface area contributed by atoms with Crippen LogP contribution >= 0.6 is 0 Å². The number of rotatable bonds is 6. The molecule has 1 unspecified atom stereocenters. The summed E-state index contributed by atoms with van der Waals surface area (Å²) < 4.78 is 24.1. The van der Waals surface area contributed by atoms with Crippen LogP contribution in [0.15, 0.2) is 48.0 Å². The molecule has 0 spiro atoms. The van der Waals surface area contributed by atoms with Gasteiger partial charge >= 0.3 is 0 Å². The van der Waals surface area contributed by atoms with Crippen molar-refractivity contribution in [3.05, 3.63) is 65.0 Å². The summed E-state index contributed by atoms with van der Waals surface area (Å²) in [7, 11) is 2.86. The molecule has 1 aliphatic heterocycles. The van der Waals surface area contributed by atoms with Crippen molar-refractivity contribution < 1.29 is 28.6 Å². The van der Waals surface area contributed by atoms with Gasteiger partial charge in [-0.1, -0.05) is 25.1 Å². The second-order valence-electron chi connectivity index (χ2n) is 6.58. The van der Waals surface area contributed by atoms with Gasteiger partial charge < -0.3 is 19.5 Å². The molecule has 1 N–H and O–H groups in total. The van der Waals surface area contributed by atoms with E-state index in [4.69, 9.17) is 9.47 Å². The zero-order valence-corrected chi connectivity index (χ0v) is 16.4. The van der Waals surface area contributed by atoms with Gasteiger partial charge in [-0.2, -0.15) is 0 Å². The maximum Gasteiger partial charge on any atom is 0.295 e. The number of likely N-dealkylation sites (tertiary alicyclic amines) is 1. The summed E-state index contributed by atoms with van der Waals surface area (Å²) in [6.45, 7) is 2.19. The minimum Gasteiger partial charge on any atom is -0.506 e. The van der Waals surface area contributed by atoms with Crippen LogP contribution < -0.4 is 9.47 Å². The quantitative estimate of drug-likeness (QED) is 0.456. The fourth-order valence-corrected chi connectivity index (χ4v) is 3.56. The molecule has 152 valence electrons. The van der Waals surface area contributed by atoms with E-state index in [9.17, 15) is 19.1 Å². The predicted octanol–water partition coefficient (Wildman–Crippen LogP) is 3.67. The highest BCUT2D eigenvalue weighted by Gasteiger charge is 2.46. The number of methoxy groups -OCH3 is 2. The maximum atomic E-state index is 13.4. The summed E-state index contributed by atoms with van der Waals surface area (Å²) in [6.07, 6.45) is 0.614. The molecule has 0 aromatic heterocycles. The van der Waals surface area contributed by atoms with Crippen LogP contribution in [0.2, 0.25) is 0 Å². The summed E-state index contributed by atoms with van der Waals surface area (Å²) in [6, 6.07) is 9.59. The van der Waals surface area contributed by atoms with E-state index in [2.05, 4.69) is 0 Å². The number of aliphatic hydroxyl groups is 1. The fraction of sp³-hybridized carbons (Fsp3) is 0.273. The zero-order valence-electron chi connectivity index (χ0n) is 16.4. The highest BCUT2D eigenvalue weighted by atomic mass is 19.1. The first kappa shape index (κ1) is 20.4. The first-order valence-electron chi connectivity index (χ1n) is 9.19. The van der Waals surface area contributed by atoms with Crippen molar-refractivity contribution in [1.29, 1.82) is 0 Å². The molecular weight excluding hydrogens is 377 g/mol. The van der Waals surface area contributed by atoms with Gasteiger partial charge in [-0.15, -0.1) is 0 Å². The molecule has 0 bridgehead atoms. The second-order valence-corrected chi connectivity index (χ2v) is 6.58. The smallest absolute Gasteiger partial charge is 0.295 e. The van der Waals surface area contributed by atoms with E-state index in [-0.39, 0.29) is 11.1 Å². The molecule has 2 aromatic carbocycles. The van der Waals surface area contributed by atoms with E-state index in [1.807, 2.05) is 6.92 Å². The number of benzene rings is 2. The van der Waals surface area contributed by atoms with Crippen LogP contribution in [0.4, 0.5) is 4.39 Å². The molecule has 6 nitrogen and oxygen atoms in total. The predicted molar refractivity (Wildman–Crippen MR) is 105 cm³/mol. The topological polar surface area (TPSA) is 76.1 Å². The molecule has 0 radical (unpaired) electrons. The van der Waals surface area contributed by atoms with Crippen molar-refractivity contribution in [1.82, 2.24) is 4.90 Å². The summed E-state index contributed by atoms with van der Waals surface area (Å²) in [5, 5.41) is 11.2. The summed E-state index contributed by atoms with van der Waals surface area (Å²) in [4.78, 5) is 27.0. The molecule has 1 heterocycles. The molecule has 0 saturated carbocycles. The van der Waals surface area contributed by atoms with Crippen LogP contribution in [0.25, 0.3) is 5.76 Å². The monoisotopic (exact) mass is 399 g/mol. The largest absolute Gasteiger partial charge is 0.506 e. The normalized spacial score (nSPS) is 18.2. The van der Waals surface area contributed by atoms with E-state index in [1.165, 1.54) is 43.4 Å². The van der Waals surface area contributed by atoms with Gasteiger partial charge in [0.15, 0.2) is 0 Å². The Hall–Kier alpha value is -3.35. The molecule has 1 saturated heterocycles. The number of Topliss-reactive ketones (excluding diaryl/α,β-unsaturated/α-hetero) is 1. The third kappa shape index (κ3) is 3.55. The van der Waals surface area contributed by atoms with Crippen molar-refractivity contribution in [2.45, 2.75) is 19.4 Å². The Morgan fingerprint density at radius 3 is 2.17 bits per heavy atom. The van der Waals surface area contributed by atoms with Crippen LogP contribution in [-0.4, -0.2) is 42.5 Å². The average Bonchev–Trinajstić information content (AvgIpc) is 2.98. The third-order valence-corrected chi connectivity index (χ3v) is 4.85. The van der Waals surface area contributed by atoms with E-state index in [0.29, 0.717) is 30.0 Å². The van der Waals surface area contributed by atoms with Gasteiger partial charge in [0.05, 0.1) is 25.8 Å². The van der Waals surface area contributed by atoms with E-state index < -0.39 is 29.3 Å². The lowest BCUT2D eigenvalue weighted by Crippen LogP contribution is -2.30. The minimum atomic E-state index is -0.842. The second kappa shape index (κ2) is 8.34. The highest BCUT2D eigenvalue weighted by Crippen LogP contribution is 2.43. The molecule has 7 heteroatoms. The van der Waals surface area contributed by atoms with Crippen LogP contribution in [0.5, 0.6) is 11.5 Å². The first-order valence-corrected chi connectivity index (χ1v) is 9.19. The summed E-state index contributed by atoms with van der Waals surface area (Å²) in [5.74, 6) is -1.77. The molecule has 2 aromatic rings. The number of carbonyl (C=O) groups excluding carboxylic acids is 2. The number of halogens is 1. The van der Waals surface area contributed by atoms with Crippen molar-refractivity contribution in [3.8, 4) is 11.5 Å². The van der Waals surface area contributed by atoms with Crippen LogP contribution in [0, 0.1) is 5.82 Å². The van der Waals surface area contributed by atoms with Crippen LogP contribution in [0.3, 0.4) is 0 Å². The SMILES string of the molecule is CCCN1C(=O)C(=O)/C(=C(/O)c2c(OC)cccc2OC)C1c1ccc(F)cc1. The number of ether oxygens (including phenoxy) is 2. The standard InChI is InChI=1S/C22H22FNO5/c1-4-12-24-19(13-8-10-14(23)11-9-13)18(21(26)22(24)27)20(25)17-15(28-2)6-5-7-16(17)29-3/h5-11,19,25H,4,12H2,1-3H3/b20-18+. The van der Waals surface area contributed by atoms with Gasteiger partial charge in [0.2, 0.25) is 0 Å². The molecule has 1 atom stereocenters. The van der Waals surface area contributed by atoms with Crippen molar-refractivity contribution >= 4 is 17.4 Å². The lowest BCUT2D eigenvalue weighted by atomic mass is 9.94. The van der Waals surface area contributed by atoms with Crippen molar-refractivity contribution in [2.24, 2.45) is 0 Å². The molecule has 29 heavy (non-hydrogen) atoms. The zero-order chi connectivity index (χ0) is 21.1. The Bertz CT molecular complexity index is 945. The molecule has 1 amide bonds. The van der Waals surface area contributed by atoms with Gasteiger partial charge in [0, 0.05) is 6.54 Å². The Balaban J connectivity index is 2.28. The molecule has 1 fully saturated rings. The fourth-order valence-electron chi connectivity index (χ4n) is 3.56. The Morgan fingerprint density at radius 1 is 1.07 bits per heavy atom. The Labute approximate surface area is 168 Å². The highest BCUT2D eigenvalue weighted by molar-refractivity contribution is 6.46. The lowest BCUT2D eigenvalue weighted by Gasteiger charge is -2.25. The number of hydrogen-bond acceptors (Lipinski definition) is 5. The van der Waals surface area contributed by atoms with E-state index >= 15 is 0 Å². The molecular formula is C22H22FNO5. The van der Waals surface area contributed by atoms with Gasteiger partial charge in [-0.25, -0.2) is 4.39 Å². The van der Waals surface area contributed by atoms with Gasteiger partial charge in [0.1, 0.15) is 28.6 Å². The van der Waals surface area contributed by atoms with E-state index in [0.717, 1.165) is 0 Å². The summed E-state index contributed by atoms with van der Waals surface area (Å²) in [5.41, 5.74) is 0.617. The summed E-state index contributed by atoms with van der Waals surface area (Å²) >= 11 is 0. The molecule has 3 rings (SSSR count). The maximum absolute atomic E-state index is 13.4. The van der Waals surface area contributed by atoms with Crippen LogP contribution in [0.1, 0.15) is 30.5 Å². The third-order valence-electron chi connectivity index (χ3n) is 4.85. The first-order chi connectivity index (χ1) is 13.9. The van der Waals surface area contributed by atoms with E-state index in [1.54, 1.807) is 18.2 Å². The number of ketones is 1. The number of aliphatic hydroxyl groups excluding tert-OH is 1. The minimum absolute atomic E-state index is 0.0853. The Kier molecular flexibility index (Phi) is 5.87. The van der Waals surface area contributed by atoms with Gasteiger partial charge in [-0.3, -0.25) is 9.59 Å². The number of amides is 1.